The van der Waals surface area contributed by atoms with Crippen molar-refractivity contribution in [3.63, 3.8) is 0 Å². The number of rotatable bonds is 5. The van der Waals surface area contributed by atoms with Gasteiger partial charge in [0.25, 0.3) is 11.8 Å². The molecule has 11 heteroatoms. The van der Waals surface area contributed by atoms with Gasteiger partial charge in [0.2, 0.25) is 0 Å². The van der Waals surface area contributed by atoms with Gasteiger partial charge in [0, 0.05) is 19.3 Å². The number of phenols is 1. The predicted molar refractivity (Wildman–Crippen MR) is 77.0 cm³/mol. The zero-order valence-electron chi connectivity index (χ0n) is 13.1. The Morgan fingerprint density at radius 2 is 1.69 bits per heavy atom. The minimum absolute atomic E-state index is 0.111. The maximum atomic E-state index is 12.5. The molecule has 2 rings (SSSR count). The highest BCUT2D eigenvalue weighted by molar-refractivity contribution is 6.02. The molecule has 140 valence electrons. The molecule has 0 bridgehead atoms. The van der Waals surface area contributed by atoms with E-state index in [0.717, 1.165) is 0 Å². The van der Waals surface area contributed by atoms with Crippen molar-refractivity contribution in [2.45, 2.75) is 31.5 Å². The number of hydrogen-bond donors (Lipinski definition) is 2. The Morgan fingerprint density at radius 1 is 1.15 bits per heavy atom. The van der Waals surface area contributed by atoms with Crippen molar-refractivity contribution in [2.24, 2.45) is 0 Å². The molecule has 0 unspecified atom stereocenters. The number of benzene rings is 1. The van der Waals surface area contributed by atoms with Gasteiger partial charge in [-0.2, -0.15) is 13.2 Å². The van der Waals surface area contributed by atoms with Gasteiger partial charge in [-0.1, -0.05) is 12.1 Å². The lowest BCUT2D eigenvalue weighted by atomic mass is 10.1. The van der Waals surface area contributed by atoms with E-state index in [2.05, 4.69) is 4.84 Å². The van der Waals surface area contributed by atoms with Crippen LogP contribution in [0.25, 0.3) is 0 Å². The Bertz CT molecular complexity index is 716. The third-order valence-electron chi connectivity index (χ3n) is 3.41. The summed E-state index contributed by atoms with van der Waals surface area (Å²) in [4.78, 5) is 50.8. The minimum atomic E-state index is -5.24. The van der Waals surface area contributed by atoms with Crippen molar-refractivity contribution in [2.75, 3.05) is 0 Å². The summed E-state index contributed by atoms with van der Waals surface area (Å²) in [6.45, 7) is 0. The summed E-state index contributed by atoms with van der Waals surface area (Å²) in [5, 5.41) is 10.9. The van der Waals surface area contributed by atoms with Crippen LogP contribution in [0.15, 0.2) is 24.3 Å². The van der Waals surface area contributed by atoms with E-state index in [-0.39, 0.29) is 23.7 Å². The molecule has 1 aliphatic heterocycles. The molecule has 1 saturated heterocycles. The number of halogens is 3. The van der Waals surface area contributed by atoms with Crippen LogP contribution in [0.3, 0.4) is 0 Å². The fraction of sp³-hybridized carbons (Fsp3) is 0.333. The average Bonchev–Trinajstić information content (AvgIpc) is 2.87. The largest absolute Gasteiger partial charge is 0.508 e. The third-order valence-corrected chi connectivity index (χ3v) is 3.41. The molecule has 0 saturated carbocycles. The Morgan fingerprint density at radius 3 is 2.19 bits per heavy atom. The second-order valence-corrected chi connectivity index (χ2v) is 5.39. The number of hydrogen-bond acceptors (Lipinski definition) is 6. The number of aromatic hydroxyl groups is 1. The molecule has 1 atom stereocenters. The highest BCUT2D eigenvalue weighted by Crippen LogP contribution is 2.18. The molecule has 0 radical (unpaired) electrons. The summed E-state index contributed by atoms with van der Waals surface area (Å²) in [6, 6.07) is 3.30. The summed E-state index contributed by atoms with van der Waals surface area (Å²) in [7, 11) is 0. The van der Waals surface area contributed by atoms with Crippen molar-refractivity contribution >= 4 is 23.7 Å². The first-order valence-electron chi connectivity index (χ1n) is 7.31. The number of amides is 3. The van der Waals surface area contributed by atoms with Crippen molar-refractivity contribution in [1.82, 2.24) is 10.4 Å². The zero-order valence-corrected chi connectivity index (χ0v) is 13.1. The van der Waals surface area contributed by atoms with Crippen molar-refractivity contribution < 1.29 is 42.3 Å². The number of alkyl halides is 3. The van der Waals surface area contributed by atoms with Crippen LogP contribution < -0.4 is 5.32 Å². The van der Waals surface area contributed by atoms with E-state index in [4.69, 9.17) is 0 Å². The van der Waals surface area contributed by atoms with Crippen molar-refractivity contribution in [3.05, 3.63) is 29.8 Å². The van der Waals surface area contributed by atoms with Crippen LogP contribution in [-0.2, 0) is 30.4 Å². The standard InChI is InChI=1S/C15H13F3N2O6/c16-15(17,18)14(25)19-10(7-8-1-3-9(21)4-2-8)13(24)26-20-11(22)5-6-12(20)23/h1-4,10,21H,5-7H2,(H,19,25)/t10-/m0/s1. The van der Waals surface area contributed by atoms with Gasteiger partial charge in [-0.15, -0.1) is 5.06 Å². The molecule has 0 aliphatic carbocycles. The first-order valence-corrected chi connectivity index (χ1v) is 7.31. The smallest absolute Gasteiger partial charge is 0.471 e. The molecule has 1 aliphatic rings. The van der Waals surface area contributed by atoms with E-state index in [1.165, 1.54) is 29.6 Å². The van der Waals surface area contributed by atoms with Crippen LogP contribution >= 0.6 is 0 Å². The molecule has 2 N–H and O–H groups in total. The molecule has 1 aromatic carbocycles. The van der Waals surface area contributed by atoms with Crippen molar-refractivity contribution in [1.29, 1.82) is 0 Å². The summed E-state index contributed by atoms with van der Waals surface area (Å²) >= 11 is 0. The van der Waals surface area contributed by atoms with E-state index in [1.807, 2.05) is 0 Å². The molecule has 0 aromatic heterocycles. The van der Waals surface area contributed by atoms with E-state index in [0.29, 0.717) is 5.56 Å². The average molecular weight is 374 g/mol. The van der Waals surface area contributed by atoms with E-state index in [1.54, 1.807) is 0 Å². The zero-order chi connectivity index (χ0) is 19.5. The molecule has 1 heterocycles. The number of phenolic OH excluding ortho intramolecular Hbond substituents is 1. The lowest BCUT2D eigenvalue weighted by molar-refractivity contribution is -0.200. The fourth-order valence-electron chi connectivity index (χ4n) is 2.11. The van der Waals surface area contributed by atoms with Crippen LogP contribution in [0.2, 0.25) is 0 Å². The van der Waals surface area contributed by atoms with E-state index in [9.17, 15) is 37.5 Å². The highest BCUT2D eigenvalue weighted by atomic mass is 19.4. The van der Waals surface area contributed by atoms with Gasteiger partial charge in [0.15, 0.2) is 0 Å². The van der Waals surface area contributed by atoms with Crippen LogP contribution in [-0.4, -0.2) is 46.1 Å². The Balaban J connectivity index is 2.16. The van der Waals surface area contributed by atoms with Gasteiger partial charge in [0.1, 0.15) is 11.8 Å². The van der Waals surface area contributed by atoms with E-state index < -0.39 is 42.3 Å². The van der Waals surface area contributed by atoms with Gasteiger partial charge in [0.05, 0.1) is 0 Å². The second-order valence-electron chi connectivity index (χ2n) is 5.39. The molecule has 1 fully saturated rings. The first-order chi connectivity index (χ1) is 12.1. The third kappa shape index (κ3) is 4.71. The van der Waals surface area contributed by atoms with Crippen LogP contribution in [0.5, 0.6) is 5.75 Å². The van der Waals surface area contributed by atoms with Crippen LogP contribution in [0, 0.1) is 0 Å². The Labute approximate surface area is 144 Å². The normalized spacial score (nSPS) is 15.7. The lowest BCUT2D eigenvalue weighted by Gasteiger charge is -2.20. The fourth-order valence-corrected chi connectivity index (χ4v) is 2.11. The first kappa shape index (κ1) is 19.2. The monoisotopic (exact) mass is 374 g/mol. The lowest BCUT2D eigenvalue weighted by Crippen LogP contribution is -2.50. The Kier molecular flexibility index (Phi) is 5.48. The predicted octanol–water partition coefficient (Wildman–Crippen LogP) is 0.589. The minimum Gasteiger partial charge on any atom is -0.508 e. The second kappa shape index (κ2) is 7.42. The van der Waals surface area contributed by atoms with Gasteiger partial charge < -0.3 is 15.3 Å². The summed E-state index contributed by atoms with van der Waals surface area (Å²) in [5.74, 6) is -5.51. The summed E-state index contributed by atoms with van der Waals surface area (Å²) in [6.07, 6.45) is -6.04. The molecule has 8 nitrogen and oxygen atoms in total. The molecule has 1 aromatic rings. The van der Waals surface area contributed by atoms with Gasteiger partial charge in [-0.05, 0) is 17.7 Å². The van der Waals surface area contributed by atoms with Gasteiger partial charge in [-0.3, -0.25) is 14.4 Å². The van der Waals surface area contributed by atoms with Gasteiger partial charge in [-0.25, -0.2) is 4.79 Å². The van der Waals surface area contributed by atoms with Crippen LogP contribution in [0.4, 0.5) is 13.2 Å². The van der Waals surface area contributed by atoms with Gasteiger partial charge >= 0.3 is 18.1 Å². The Hall–Kier alpha value is -3.11. The van der Waals surface area contributed by atoms with E-state index >= 15 is 0 Å². The maximum Gasteiger partial charge on any atom is 0.471 e. The molecular weight excluding hydrogens is 361 g/mol. The number of carbonyl (C=O) groups excluding carboxylic acids is 4. The maximum absolute atomic E-state index is 12.5. The van der Waals surface area contributed by atoms with Crippen molar-refractivity contribution in [3.8, 4) is 5.75 Å². The topological polar surface area (TPSA) is 113 Å². The SMILES string of the molecule is O=C(ON1C(=O)CCC1=O)[C@H](Cc1ccc(O)cc1)NC(=O)C(F)(F)F. The molecular formula is C15H13F3N2O6. The number of nitrogens with zero attached hydrogens (tertiary/aromatic N) is 1. The summed E-state index contributed by atoms with van der Waals surface area (Å²) in [5.41, 5.74) is 0.297. The number of hydroxylamine groups is 2. The quantitative estimate of drug-likeness (QED) is 0.730. The number of imide groups is 1. The molecule has 3 amide bonds. The highest BCUT2D eigenvalue weighted by Gasteiger charge is 2.42. The number of nitrogens with one attached hydrogen (secondary N) is 1. The van der Waals surface area contributed by atoms with Crippen LogP contribution in [0.1, 0.15) is 18.4 Å². The summed E-state index contributed by atoms with van der Waals surface area (Å²) < 4.78 is 37.4. The molecule has 26 heavy (non-hydrogen) atoms. The molecule has 0 spiro atoms. The number of carbonyl (C=O) groups is 4.